The van der Waals surface area contributed by atoms with Crippen molar-refractivity contribution in [2.45, 2.75) is 380 Å². The third kappa shape index (κ3) is 65.9. The van der Waals surface area contributed by atoms with Gasteiger partial charge in [0.15, 0.2) is 6.10 Å². The SMILES string of the molecule is CC/C=C\C/C=C\C/C=C\C/C=C\CCCCCCCCCCCCCCC(=O)OCC(COC(=O)CCCCCCCCCCCCCCCCCCCC)OC(=O)CCCCCCCCCCC/C=C\CCCCCCCC. The monoisotopic (exact) mass is 1120 g/mol. The third-order valence-electron chi connectivity index (χ3n) is 15.8. The maximum absolute atomic E-state index is 13.0. The minimum Gasteiger partial charge on any atom is -0.462 e. The zero-order chi connectivity index (χ0) is 57.8. The highest BCUT2D eigenvalue weighted by Crippen LogP contribution is 2.18. The van der Waals surface area contributed by atoms with Crippen molar-refractivity contribution >= 4 is 17.9 Å². The van der Waals surface area contributed by atoms with Gasteiger partial charge in [-0.25, -0.2) is 0 Å². The first kappa shape index (κ1) is 77.1. The van der Waals surface area contributed by atoms with Crippen LogP contribution in [0.1, 0.15) is 374 Å². The second-order valence-corrected chi connectivity index (χ2v) is 23.8. The Hall–Kier alpha value is -2.89. The summed E-state index contributed by atoms with van der Waals surface area (Å²) in [4.78, 5) is 38.5. The van der Waals surface area contributed by atoms with Gasteiger partial charge in [-0.05, 0) is 83.5 Å². The van der Waals surface area contributed by atoms with Gasteiger partial charge in [-0.2, -0.15) is 0 Å². The van der Waals surface area contributed by atoms with Crippen LogP contribution in [-0.2, 0) is 28.6 Å². The Morgan fingerprint density at radius 1 is 0.263 bits per heavy atom. The Morgan fingerprint density at radius 2 is 0.487 bits per heavy atom. The summed E-state index contributed by atoms with van der Waals surface area (Å²) < 4.78 is 17.0. The Bertz CT molecular complexity index is 1430. The summed E-state index contributed by atoms with van der Waals surface area (Å²) in [6, 6.07) is 0. The minimum atomic E-state index is -0.775. The van der Waals surface area contributed by atoms with E-state index in [0.717, 1.165) is 83.5 Å². The molecule has 0 N–H and O–H groups in total. The van der Waals surface area contributed by atoms with E-state index in [2.05, 4.69) is 81.5 Å². The molecule has 0 saturated heterocycles. The summed E-state index contributed by atoms with van der Waals surface area (Å²) in [6.07, 6.45) is 88.1. The lowest BCUT2D eigenvalue weighted by molar-refractivity contribution is -0.167. The molecular formula is C74H134O6. The van der Waals surface area contributed by atoms with Crippen molar-refractivity contribution in [2.75, 3.05) is 13.2 Å². The molecule has 0 bridgehead atoms. The molecule has 0 radical (unpaired) electrons. The number of carbonyl (C=O) groups excluding carboxylic acids is 3. The molecule has 0 aliphatic heterocycles. The van der Waals surface area contributed by atoms with Crippen LogP contribution < -0.4 is 0 Å². The lowest BCUT2D eigenvalue weighted by atomic mass is 10.0. The fourth-order valence-corrected chi connectivity index (χ4v) is 10.5. The lowest BCUT2D eigenvalue weighted by Gasteiger charge is -2.18. The molecule has 0 aromatic heterocycles. The number of ether oxygens (including phenoxy) is 3. The average Bonchev–Trinajstić information content (AvgIpc) is 3.46. The third-order valence-corrected chi connectivity index (χ3v) is 15.8. The van der Waals surface area contributed by atoms with Crippen molar-refractivity contribution in [1.82, 2.24) is 0 Å². The molecule has 80 heavy (non-hydrogen) atoms. The van der Waals surface area contributed by atoms with Crippen LogP contribution in [0.25, 0.3) is 0 Å². The number of hydrogen-bond donors (Lipinski definition) is 0. The van der Waals surface area contributed by atoms with Gasteiger partial charge < -0.3 is 14.2 Å². The fourth-order valence-electron chi connectivity index (χ4n) is 10.5. The molecule has 466 valence electrons. The van der Waals surface area contributed by atoms with Gasteiger partial charge in [0, 0.05) is 19.3 Å². The average molecular weight is 1120 g/mol. The quantitative estimate of drug-likeness (QED) is 0.0261. The minimum absolute atomic E-state index is 0.0704. The van der Waals surface area contributed by atoms with Crippen molar-refractivity contribution < 1.29 is 28.6 Å². The van der Waals surface area contributed by atoms with E-state index in [1.807, 2.05) is 0 Å². The first-order valence-electron chi connectivity index (χ1n) is 35.3. The van der Waals surface area contributed by atoms with Crippen molar-refractivity contribution in [1.29, 1.82) is 0 Å². The molecule has 0 fully saturated rings. The van der Waals surface area contributed by atoms with Crippen LogP contribution in [0.5, 0.6) is 0 Å². The highest BCUT2D eigenvalue weighted by Gasteiger charge is 2.19. The van der Waals surface area contributed by atoms with Crippen LogP contribution in [0.3, 0.4) is 0 Å². The zero-order valence-electron chi connectivity index (χ0n) is 53.6. The number of carbonyl (C=O) groups is 3. The zero-order valence-corrected chi connectivity index (χ0v) is 53.6. The highest BCUT2D eigenvalue weighted by atomic mass is 16.6. The summed E-state index contributed by atoms with van der Waals surface area (Å²) in [5.74, 6) is -0.848. The summed E-state index contributed by atoms with van der Waals surface area (Å²) in [5.41, 5.74) is 0. The van der Waals surface area contributed by atoms with E-state index >= 15 is 0 Å². The molecule has 0 aromatic carbocycles. The van der Waals surface area contributed by atoms with Crippen LogP contribution in [-0.4, -0.2) is 37.2 Å². The van der Waals surface area contributed by atoms with E-state index in [4.69, 9.17) is 14.2 Å². The van der Waals surface area contributed by atoms with Crippen LogP contribution in [0.4, 0.5) is 0 Å². The topological polar surface area (TPSA) is 78.9 Å². The summed E-state index contributed by atoms with van der Waals surface area (Å²) in [6.45, 7) is 6.59. The summed E-state index contributed by atoms with van der Waals surface area (Å²) >= 11 is 0. The molecule has 1 atom stereocenters. The molecular weight excluding hydrogens is 985 g/mol. The van der Waals surface area contributed by atoms with Gasteiger partial charge in [0.2, 0.25) is 0 Å². The predicted molar refractivity (Wildman–Crippen MR) is 348 cm³/mol. The summed E-state index contributed by atoms with van der Waals surface area (Å²) in [5, 5.41) is 0. The second kappa shape index (κ2) is 68.6. The van der Waals surface area contributed by atoms with Crippen LogP contribution in [0.15, 0.2) is 60.8 Å². The number of esters is 3. The maximum Gasteiger partial charge on any atom is 0.306 e. The van der Waals surface area contributed by atoms with E-state index < -0.39 is 6.10 Å². The van der Waals surface area contributed by atoms with Crippen LogP contribution >= 0.6 is 0 Å². The number of allylic oxidation sites excluding steroid dienone is 10. The van der Waals surface area contributed by atoms with Crippen LogP contribution in [0.2, 0.25) is 0 Å². The molecule has 0 rings (SSSR count). The molecule has 0 aromatic rings. The van der Waals surface area contributed by atoms with E-state index in [9.17, 15) is 14.4 Å². The predicted octanol–water partition coefficient (Wildman–Crippen LogP) is 24.3. The molecule has 0 saturated carbocycles. The van der Waals surface area contributed by atoms with Gasteiger partial charge in [0.1, 0.15) is 13.2 Å². The molecule has 1 unspecified atom stereocenters. The van der Waals surface area contributed by atoms with Gasteiger partial charge in [0.25, 0.3) is 0 Å². The highest BCUT2D eigenvalue weighted by molar-refractivity contribution is 5.71. The Morgan fingerprint density at radius 3 is 0.775 bits per heavy atom. The van der Waals surface area contributed by atoms with Gasteiger partial charge in [-0.1, -0.05) is 332 Å². The van der Waals surface area contributed by atoms with E-state index in [-0.39, 0.29) is 31.1 Å². The largest absolute Gasteiger partial charge is 0.462 e. The van der Waals surface area contributed by atoms with Gasteiger partial charge in [-0.15, -0.1) is 0 Å². The normalized spacial score (nSPS) is 12.4. The van der Waals surface area contributed by atoms with Crippen molar-refractivity contribution in [2.24, 2.45) is 0 Å². The van der Waals surface area contributed by atoms with E-state index in [1.165, 1.54) is 250 Å². The maximum atomic E-state index is 13.0. The van der Waals surface area contributed by atoms with Crippen molar-refractivity contribution in [3.05, 3.63) is 60.8 Å². The van der Waals surface area contributed by atoms with Crippen molar-refractivity contribution in [3.63, 3.8) is 0 Å². The van der Waals surface area contributed by atoms with Crippen LogP contribution in [0, 0.1) is 0 Å². The Balaban J connectivity index is 4.31. The fraction of sp³-hybridized carbons (Fsp3) is 0.824. The Labute approximate surface area is 498 Å². The van der Waals surface area contributed by atoms with Gasteiger partial charge in [0.05, 0.1) is 0 Å². The molecule has 0 amide bonds. The summed E-state index contributed by atoms with van der Waals surface area (Å²) in [7, 11) is 0. The molecule has 0 spiro atoms. The number of rotatable bonds is 65. The number of hydrogen-bond acceptors (Lipinski definition) is 6. The number of unbranched alkanes of at least 4 members (excludes halogenated alkanes) is 44. The van der Waals surface area contributed by atoms with Gasteiger partial charge >= 0.3 is 17.9 Å². The molecule has 6 heteroatoms. The van der Waals surface area contributed by atoms with Crippen molar-refractivity contribution in [3.8, 4) is 0 Å². The van der Waals surface area contributed by atoms with E-state index in [1.54, 1.807) is 0 Å². The van der Waals surface area contributed by atoms with Gasteiger partial charge in [-0.3, -0.25) is 14.4 Å². The first-order chi connectivity index (χ1) is 39.5. The Kier molecular flexibility index (Phi) is 66.1. The second-order valence-electron chi connectivity index (χ2n) is 23.8. The standard InChI is InChI=1S/C74H134O6/c1-4-7-10-13-16-19-22-25-28-31-34-35-36-37-38-39-41-43-46-49-52-55-58-61-64-67-73(76)79-70-71(69-78-72(75)66-63-60-57-54-51-48-45-42-33-30-27-24-21-18-15-12-9-6-3)80-74(77)68-65-62-59-56-53-50-47-44-40-32-29-26-23-20-17-14-11-8-5-2/h7,10,16,19,25-26,28-29,34-35,71H,4-6,8-9,11-15,17-18,20-24,27,30-33,36-70H2,1-3H3/b10-7-,19-16-,28-25-,29-26-,35-34-. The molecule has 0 aliphatic carbocycles. The molecule has 0 heterocycles. The lowest BCUT2D eigenvalue weighted by Crippen LogP contribution is -2.30. The first-order valence-corrected chi connectivity index (χ1v) is 35.3. The smallest absolute Gasteiger partial charge is 0.306 e. The van der Waals surface area contributed by atoms with E-state index in [0.29, 0.717) is 19.3 Å². The molecule has 0 aliphatic rings. The molecule has 6 nitrogen and oxygen atoms in total.